The van der Waals surface area contributed by atoms with E-state index in [4.69, 9.17) is 4.74 Å². The molecule has 104 valence electrons. The molecule has 19 heavy (non-hydrogen) atoms. The zero-order valence-electron chi connectivity index (χ0n) is 11.3. The third kappa shape index (κ3) is 5.90. The minimum Gasteiger partial charge on any atom is -0.484 e. The van der Waals surface area contributed by atoms with E-state index in [1.54, 1.807) is 6.07 Å². The Hall–Kier alpha value is -2.04. The average Bonchev–Trinajstić information content (AvgIpc) is 2.45. The first-order valence-electron chi connectivity index (χ1n) is 6.21. The van der Waals surface area contributed by atoms with Crippen LogP contribution < -0.4 is 10.1 Å². The number of esters is 1. The summed E-state index contributed by atoms with van der Waals surface area (Å²) >= 11 is 0. The Morgan fingerprint density at radius 2 is 2.11 bits per heavy atom. The number of ether oxygens (including phenoxy) is 2. The van der Waals surface area contributed by atoms with E-state index in [-0.39, 0.29) is 31.4 Å². The standard InChI is InChI=1S/C14H19NO4/c1-3-11-5-4-6-12(9-11)19-10-13(16)15-8-7-14(17)18-2/h4-6,9H,3,7-8,10H2,1-2H3,(H,15,16). The van der Waals surface area contributed by atoms with E-state index in [1.807, 2.05) is 18.2 Å². The molecule has 0 spiro atoms. The third-order valence-electron chi connectivity index (χ3n) is 2.56. The predicted molar refractivity (Wildman–Crippen MR) is 71.0 cm³/mol. The highest BCUT2D eigenvalue weighted by atomic mass is 16.5. The predicted octanol–water partition coefficient (Wildman–Crippen LogP) is 1.31. The molecule has 0 radical (unpaired) electrons. The lowest BCUT2D eigenvalue weighted by Crippen LogP contribution is -2.30. The van der Waals surface area contributed by atoms with Crippen molar-refractivity contribution in [3.05, 3.63) is 29.8 Å². The number of methoxy groups -OCH3 is 1. The summed E-state index contributed by atoms with van der Waals surface area (Å²) < 4.78 is 9.83. The number of nitrogens with one attached hydrogen (secondary N) is 1. The molecule has 0 saturated carbocycles. The lowest BCUT2D eigenvalue weighted by atomic mass is 10.2. The van der Waals surface area contributed by atoms with Gasteiger partial charge in [0, 0.05) is 6.54 Å². The molecule has 1 rings (SSSR count). The smallest absolute Gasteiger partial charge is 0.307 e. The summed E-state index contributed by atoms with van der Waals surface area (Å²) in [7, 11) is 1.31. The number of carbonyl (C=O) groups is 2. The van der Waals surface area contributed by atoms with Crippen LogP contribution >= 0.6 is 0 Å². The van der Waals surface area contributed by atoms with Crippen LogP contribution in [0.3, 0.4) is 0 Å². The Morgan fingerprint density at radius 3 is 2.79 bits per heavy atom. The SMILES string of the molecule is CCc1cccc(OCC(=O)NCCC(=O)OC)c1. The van der Waals surface area contributed by atoms with Crippen LogP contribution in [0.2, 0.25) is 0 Å². The van der Waals surface area contributed by atoms with Gasteiger partial charge < -0.3 is 14.8 Å². The molecule has 0 unspecified atom stereocenters. The molecule has 1 aromatic carbocycles. The van der Waals surface area contributed by atoms with Crippen LogP contribution in [0, 0.1) is 0 Å². The zero-order valence-corrected chi connectivity index (χ0v) is 11.3. The van der Waals surface area contributed by atoms with Gasteiger partial charge in [-0.2, -0.15) is 0 Å². The average molecular weight is 265 g/mol. The van der Waals surface area contributed by atoms with Gasteiger partial charge in [0.25, 0.3) is 5.91 Å². The van der Waals surface area contributed by atoms with Crippen LogP contribution in [0.1, 0.15) is 18.9 Å². The van der Waals surface area contributed by atoms with Crippen LogP contribution in [0.5, 0.6) is 5.75 Å². The molecule has 0 aliphatic carbocycles. The fourth-order valence-corrected chi connectivity index (χ4v) is 1.46. The Morgan fingerprint density at radius 1 is 1.32 bits per heavy atom. The minimum atomic E-state index is -0.350. The van der Waals surface area contributed by atoms with Crippen molar-refractivity contribution in [2.24, 2.45) is 0 Å². The van der Waals surface area contributed by atoms with E-state index in [0.29, 0.717) is 5.75 Å². The quantitative estimate of drug-likeness (QED) is 0.755. The fraction of sp³-hybridized carbons (Fsp3) is 0.429. The van der Waals surface area contributed by atoms with Crippen molar-refractivity contribution >= 4 is 11.9 Å². The van der Waals surface area contributed by atoms with Crippen LogP contribution in [-0.4, -0.2) is 32.1 Å². The van der Waals surface area contributed by atoms with Crippen molar-refractivity contribution in [3.8, 4) is 5.75 Å². The Kier molecular flexibility index (Phi) is 6.43. The normalized spacial score (nSPS) is 9.79. The summed E-state index contributed by atoms with van der Waals surface area (Å²) in [5.41, 5.74) is 1.16. The summed E-state index contributed by atoms with van der Waals surface area (Å²) in [5.74, 6) is 0.0603. The Bertz CT molecular complexity index is 431. The maximum Gasteiger partial charge on any atom is 0.307 e. The second-order valence-electron chi connectivity index (χ2n) is 3.97. The van der Waals surface area contributed by atoms with Gasteiger partial charge in [-0.3, -0.25) is 9.59 Å². The van der Waals surface area contributed by atoms with E-state index in [1.165, 1.54) is 7.11 Å². The molecule has 0 aromatic heterocycles. The van der Waals surface area contributed by atoms with Crippen LogP contribution in [0.15, 0.2) is 24.3 Å². The second-order valence-corrected chi connectivity index (χ2v) is 3.97. The second kappa shape index (κ2) is 8.13. The highest BCUT2D eigenvalue weighted by Gasteiger charge is 2.05. The molecule has 0 aliphatic rings. The van der Waals surface area contributed by atoms with Crippen molar-refractivity contribution in [3.63, 3.8) is 0 Å². The number of rotatable bonds is 7. The lowest BCUT2D eigenvalue weighted by Gasteiger charge is -2.08. The number of aryl methyl sites for hydroxylation is 1. The number of hydrogen-bond acceptors (Lipinski definition) is 4. The highest BCUT2D eigenvalue weighted by molar-refractivity contribution is 5.78. The van der Waals surface area contributed by atoms with Gasteiger partial charge in [-0.15, -0.1) is 0 Å². The van der Waals surface area contributed by atoms with Gasteiger partial charge in [0.1, 0.15) is 5.75 Å². The van der Waals surface area contributed by atoms with Gasteiger partial charge in [0.05, 0.1) is 13.5 Å². The number of benzene rings is 1. The molecule has 0 atom stereocenters. The van der Waals surface area contributed by atoms with E-state index < -0.39 is 0 Å². The molecule has 5 heteroatoms. The van der Waals surface area contributed by atoms with E-state index in [2.05, 4.69) is 17.0 Å². The molecular formula is C14H19NO4. The van der Waals surface area contributed by atoms with Crippen LogP contribution in [0.4, 0.5) is 0 Å². The van der Waals surface area contributed by atoms with Gasteiger partial charge >= 0.3 is 5.97 Å². The molecular weight excluding hydrogens is 246 g/mol. The largest absolute Gasteiger partial charge is 0.484 e. The van der Waals surface area contributed by atoms with Crippen molar-refractivity contribution in [1.29, 1.82) is 0 Å². The molecule has 0 heterocycles. The first kappa shape index (κ1) is 15.0. The van der Waals surface area contributed by atoms with Crippen LogP contribution in [-0.2, 0) is 20.7 Å². The Balaban J connectivity index is 2.27. The van der Waals surface area contributed by atoms with Gasteiger partial charge in [0.2, 0.25) is 0 Å². The molecule has 5 nitrogen and oxygen atoms in total. The summed E-state index contributed by atoms with van der Waals surface area (Å²) in [5, 5.41) is 2.58. The molecule has 0 saturated heterocycles. The topological polar surface area (TPSA) is 64.6 Å². The molecule has 0 fully saturated rings. The third-order valence-corrected chi connectivity index (χ3v) is 2.56. The Labute approximate surface area is 112 Å². The number of hydrogen-bond donors (Lipinski definition) is 1. The van der Waals surface area contributed by atoms with Gasteiger partial charge in [0.15, 0.2) is 6.61 Å². The summed E-state index contributed by atoms with van der Waals surface area (Å²) in [6.45, 7) is 2.25. The molecule has 0 bridgehead atoms. The summed E-state index contributed by atoms with van der Waals surface area (Å²) in [6, 6.07) is 7.61. The lowest BCUT2D eigenvalue weighted by molar-refractivity contribution is -0.140. The number of amides is 1. The summed E-state index contributed by atoms with van der Waals surface area (Å²) in [6.07, 6.45) is 1.08. The van der Waals surface area contributed by atoms with Gasteiger partial charge in [-0.05, 0) is 24.1 Å². The van der Waals surface area contributed by atoms with Gasteiger partial charge in [-0.1, -0.05) is 19.1 Å². The molecule has 0 aliphatic heterocycles. The van der Waals surface area contributed by atoms with Crippen molar-refractivity contribution < 1.29 is 19.1 Å². The van der Waals surface area contributed by atoms with Gasteiger partial charge in [-0.25, -0.2) is 0 Å². The van der Waals surface area contributed by atoms with Crippen LogP contribution in [0.25, 0.3) is 0 Å². The molecule has 1 aromatic rings. The van der Waals surface area contributed by atoms with Crippen molar-refractivity contribution in [2.45, 2.75) is 19.8 Å². The van der Waals surface area contributed by atoms with E-state index >= 15 is 0 Å². The zero-order chi connectivity index (χ0) is 14.1. The fourth-order valence-electron chi connectivity index (χ4n) is 1.46. The molecule has 1 N–H and O–H groups in total. The highest BCUT2D eigenvalue weighted by Crippen LogP contribution is 2.13. The maximum atomic E-state index is 11.5. The number of carbonyl (C=O) groups excluding carboxylic acids is 2. The molecule has 1 amide bonds. The minimum absolute atomic E-state index is 0.0612. The van der Waals surface area contributed by atoms with Crippen molar-refractivity contribution in [1.82, 2.24) is 5.32 Å². The maximum absolute atomic E-state index is 11.5. The summed E-state index contributed by atoms with van der Waals surface area (Å²) in [4.78, 5) is 22.3. The first-order valence-corrected chi connectivity index (χ1v) is 6.21. The first-order chi connectivity index (χ1) is 9.15. The van der Waals surface area contributed by atoms with Crippen molar-refractivity contribution in [2.75, 3.05) is 20.3 Å². The monoisotopic (exact) mass is 265 g/mol. The van der Waals surface area contributed by atoms with E-state index in [9.17, 15) is 9.59 Å². The van der Waals surface area contributed by atoms with E-state index in [0.717, 1.165) is 12.0 Å².